The normalized spacial score (nSPS) is 15.7. The molecule has 1 aliphatic carbocycles. The highest BCUT2D eigenvalue weighted by Gasteiger charge is 2.19. The fourth-order valence-corrected chi connectivity index (χ4v) is 3.63. The van der Waals surface area contributed by atoms with E-state index in [2.05, 4.69) is 34.9 Å². The second-order valence-corrected chi connectivity index (χ2v) is 6.81. The van der Waals surface area contributed by atoms with Crippen LogP contribution in [0.3, 0.4) is 0 Å². The van der Waals surface area contributed by atoms with Gasteiger partial charge in [0, 0.05) is 12.6 Å². The lowest BCUT2D eigenvalue weighted by Crippen LogP contribution is -2.37. The van der Waals surface area contributed by atoms with E-state index >= 15 is 0 Å². The Morgan fingerprint density at radius 1 is 1.11 bits per heavy atom. The summed E-state index contributed by atoms with van der Waals surface area (Å²) in [6.45, 7) is 0.933. The van der Waals surface area contributed by atoms with Crippen LogP contribution in [0, 0.1) is 0 Å². The molecule has 5 nitrogen and oxygen atoms in total. The van der Waals surface area contributed by atoms with Gasteiger partial charge in [-0.25, -0.2) is 0 Å². The standard InChI is InChI=1S/C22H28N2O3/c1-26-20-11-10-16(14-21(20)27-2)12-13-23-22(25)15-24-19-9-5-7-17-6-3-4-8-18(17)19/h3-4,6,8,10-11,14,19,24H,5,7,9,12-13,15H2,1-2H3,(H,23,25)/t19-/m0/s1. The number of ether oxygens (including phenoxy) is 2. The fraction of sp³-hybridized carbons (Fsp3) is 0.409. The molecule has 0 saturated carbocycles. The van der Waals surface area contributed by atoms with Gasteiger partial charge >= 0.3 is 0 Å². The highest BCUT2D eigenvalue weighted by molar-refractivity contribution is 5.78. The number of methoxy groups -OCH3 is 2. The molecule has 144 valence electrons. The first kappa shape index (κ1) is 19.2. The van der Waals surface area contributed by atoms with Gasteiger partial charge in [0.05, 0.1) is 20.8 Å². The van der Waals surface area contributed by atoms with Gasteiger partial charge in [0.2, 0.25) is 5.91 Å². The van der Waals surface area contributed by atoms with Crippen molar-refractivity contribution in [2.45, 2.75) is 31.7 Å². The van der Waals surface area contributed by atoms with Crippen molar-refractivity contribution in [3.63, 3.8) is 0 Å². The van der Waals surface area contributed by atoms with Gasteiger partial charge in [-0.1, -0.05) is 30.3 Å². The van der Waals surface area contributed by atoms with Crippen LogP contribution in [0.25, 0.3) is 0 Å². The lowest BCUT2D eigenvalue weighted by atomic mass is 9.88. The molecule has 3 rings (SSSR count). The van der Waals surface area contributed by atoms with Crippen LogP contribution in [0.2, 0.25) is 0 Å². The van der Waals surface area contributed by atoms with Gasteiger partial charge in [0.25, 0.3) is 0 Å². The molecular weight excluding hydrogens is 340 g/mol. The Labute approximate surface area is 161 Å². The summed E-state index contributed by atoms with van der Waals surface area (Å²) in [5.74, 6) is 1.44. The molecule has 1 amide bonds. The van der Waals surface area contributed by atoms with Gasteiger partial charge in [-0.15, -0.1) is 0 Å². The number of amides is 1. The average Bonchev–Trinajstić information content (AvgIpc) is 2.72. The lowest BCUT2D eigenvalue weighted by Gasteiger charge is -2.26. The van der Waals surface area contributed by atoms with Crippen molar-refractivity contribution in [1.29, 1.82) is 0 Å². The molecule has 0 aromatic heterocycles. The van der Waals surface area contributed by atoms with Crippen LogP contribution in [0.5, 0.6) is 11.5 Å². The number of rotatable bonds is 8. The molecule has 1 aliphatic rings. The summed E-state index contributed by atoms with van der Waals surface area (Å²) in [6.07, 6.45) is 4.12. The van der Waals surface area contributed by atoms with E-state index in [0.29, 0.717) is 24.6 Å². The minimum absolute atomic E-state index is 0.0264. The molecule has 0 saturated heterocycles. The van der Waals surface area contributed by atoms with Crippen LogP contribution in [0.1, 0.15) is 35.6 Å². The van der Waals surface area contributed by atoms with Crippen molar-refractivity contribution in [3.05, 3.63) is 59.2 Å². The van der Waals surface area contributed by atoms with Crippen molar-refractivity contribution >= 4 is 5.91 Å². The van der Waals surface area contributed by atoms with E-state index in [1.54, 1.807) is 14.2 Å². The second kappa shape index (κ2) is 9.42. The quantitative estimate of drug-likeness (QED) is 0.752. The first-order valence-electron chi connectivity index (χ1n) is 9.50. The maximum absolute atomic E-state index is 12.2. The van der Waals surface area contributed by atoms with Gasteiger partial charge in [-0.3, -0.25) is 4.79 Å². The van der Waals surface area contributed by atoms with Gasteiger partial charge in [0.15, 0.2) is 11.5 Å². The summed E-state index contributed by atoms with van der Waals surface area (Å²) in [5, 5.41) is 6.40. The van der Waals surface area contributed by atoms with Crippen LogP contribution < -0.4 is 20.1 Å². The third-order valence-corrected chi connectivity index (χ3v) is 5.06. The smallest absolute Gasteiger partial charge is 0.233 e. The number of fused-ring (bicyclic) bond motifs is 1. The first-order valence-corrected chi connectivity index (χ1v) is 9.50. The Balaban J connectivity index is 1.44. The maximum Gasteiger partial charge on any atom is 0.233 e. The van der Waals surface area contributed by atoms with E-state index < -0.39 is 0 Å². The molecule has 0 unspecified atom stereocenters. The van der Waals surface area contributed by atoms with Gasteiger partial charge in [0.1, 0.15) is 0 Å². The zero-order valence-corrected chi connectivity index (χ0v) is 16.1. The number of carbonyl (C=O) groups is 1. The average molecular weight is 368 g/mol. The number of hydrogen-bond donors (Lipinski definition) is 2. The Bertz CT molecular complexity index is 776. The SMILES string of the molecule is COc1ccc(CCNC(=O)CN[C@H]2CCCc3ccccc32)cc1OC. The lowest BCUT2D eigenvalue weighted by molar-refractivity contribution is -0.120. The fourth-order valence-electron chi connectivity index (χ4n) is 3.63. The topological polar surface area (TPSA) is 59.6 Å². The van der Waals surface area contributed by atoms with Crippen molar-refractivity contribution in [2.24, 2.45) is 0 Å². The molecule has 2 N–H and O–H groups in total. The van der Waals surface area contributed by atoms with Crippen molar-refractivity contribution in [2.75, 3.05) is 27.3 Å². The predicted octanol–water partition coefficient (Wildman–Crippen LogP) is 3.03. The van der Waals surface area contributed by atoms with Crippen LogP contribution >= 0.6 is 0 Å². The van der Waals surface area contributed by atoms with E-state index in [1.165, 1.54) is 11.1 Å². The number of aryl methyl sites for hydroxylation is 1. The van der Waals surface area contributed by atoms with E-state index in [0.717, 1.165) is 31.2 Å². The van der Waals surface area contributed by atoms with Crippen molar-refractivity contribution in [1.82, 2.24) is 10.6 Å². The monoisotopic (exact) mass is 368 g/mol. The molecule has 0 heterocycles. The van der Waals surface area contributed by atoms with E-state index in [1.807, 2.05) is 18.2 Å². The number of carbonyl (C=O) groups excluding carboxylic acids is 1. The second-order valence-electron chi connectivity index (χ2n) is 6.81. The van der Waals surface area contributed by atoms with Gasteiger partial charge in [-0.2, -0.15) is 0 Å². The van der Waals surface area contributed by atoms with E-state index in [4.69, 9.17) is 9.47 Å². The molecule has 0 aliphatic heterocycles. The molecule has 5 heteroatoms. The number of benzene rings is 2. The van der Waals surface area contributed by atoms with Crippen LogP contribution in [0.15, 0.2) is 42.5 Å². The Morgan fingerprint density at radius 3 is 2.74 bits per heavy atom. The van der Waals surface area contributed by atoms with Crippen LogP contribution in [-0.2, 0) is 17.6 Å². The van der Waals surface area contributed by atoms with Crippen molar-refractivity contribution in [3.8, 4) is 11.5 Å². The molecule has 0 fully saturated rings. The summed E-state index contributed by atoms with van der Waals surface area (Å²) in [5.41, 5.74) is 3.83. The molecule has 0 radical (unpaired) electrons. The van der Waals surface area contributed by atoms with E-state index in [-0.39, 0.29) is 11.9 Å². The van der Waals surface area contributed by atoms with Gasteiger partial charge in [-0.05, 0) is 54.5 Å². The predicted molar refractivity (Wildman–Crippen MR) is 106 cm³/mol. The Hall–Kier alpha value is -2.53. The number of hydrogen-bond acceptors (Lipinski definition) is 4. The van der Waals surface area contributed by atoms with Gasteiger partial charge < -0.3 is 20.1 Å². The molecule has 0 bridgehead atoms. The zero-order valence-electron chi connectivity index (χ0n) is 16.1. The summed E-state index contributed by atoms with van der Waals surface area (Å²) in [6, 6.07) is 14.6. The highest BCUT2D eigenvalue weighted by Crippen LogP contribution is 2.29. The summed E-state index contributed by atoms with van der Waals surface area (Å²) in [7, 11) is 3.24. The molecule has 0 spiro atoms. The third-order valence-electron chi connectivity index (χ3n) is 5.06. The Kier molecular flexibility index (Phi) is 6.71. The molecule has 2 aromatic carbocycles. The molecule has 2 aromatic rings. The first-order chi connectivity index (χ1) is 13.2. The largest absolute Gasteiger partial charge is 0.493 e. The Morgan fingerprint density at radius 2 is 1.93 bits per heavy atom. The zero-order chi connectivity index (χ0) is 19.1. The highest BCUT2D eigenvalue weighted by atomic mass is 16.5. The molecule has 1 atom stereocenters. The summed E-state index contributed by atoms with van der Waals surface area (Å²) in [4.78, 5) is 12.2. The molecule has 27 heavy (non-hydrogen) atoms. The van der Waals surface area contributed by atoms with Crippen LogP contribution in [-0.4, -0.2) is 33.2 Å². The molecular formula is C22H28N2O3. The van der Waals surface area contributed by atoms with Crippen LogP contribution in [0.4, 0.5) is 0 Å². The minimum atomic E-state index is 0.0264. The summed E-state index contributed by atoms with van der Waals surface area (Å²) < 4.78 is 10.6. The number of nitrogens with one attached hydrogen (secondary N) is 2. The summed E-state index contributed by atoms with van der Waals surface area (Å²) >= 11 is 0. The minimum Gasteiger partial charge on any atom is -0.493 e. The third kappa shape index (κ3) is 5.01. The van der Waals surface area contributed by atoms with Crippen molar-refractivity contribution < 1.29 is 14.3 Å². The van der Waals surface area contributed by atoms with E-state index in [9.17, 15) is 4.79 Å². The maximum atomic E-state index is 12.2.